The summed E-state index contributed by atoms with van der Waals surface area (Å²) in [4.78, 5) is 50.2. The van der Waals surface area contributed by atoms with Gasteiger partial charge in [0.05, 0.1) is 12.8 Å². The first-order chi connectivity index (χ1) is 15.5. The Labute approximate surface area is 183 Å². The van der Waals surface area contributed by atoms with Gasteiger partial charge in [0.1, 0.15) is 0 Å². The molecule has 0 amide bonds. The Bertz CT molecular complexity index is 1460. The average molecular weight is 418 g/mol. The van der Waals surface area contributed by atoms with Crippen molar-refractivity contribution in [1.82, 2.24) is 0 Å². The number of carbonyl (C=O) groups is 4. The van der Waals surface area contributed by atoms with Gasteiger partial charge in [0.15, 0.2) is 23.1 Å². The number of benzene rings is 5. The number of carbonyl (C=O) groups excluding carboxylic acids is 4. The summed E-state index contributed by atoms with van der Waals surface area (Å²) in [5.41, 5.74) is 2.35. The van der Waals surface area contributed by atoms with E-state index in [0.717, 1.165) is 43.1 Å². The number of ketones is 4. The average Bonchev–Trinajstić information content (AvgIpc) is 2.81. The van der Waals surface area contributed by atoms with Crippen molar-refractivity contribution in [1.29, 1.82) is 0 Å². The van der Waals surface area contributed by atoms with Crippen LogP contribution in [0.25, 0.3) is 43.1 Å². The first kappa shape index (κ1) is 18.8. The van der Waals surface area contributed by atoms with Gasteiger partial charge in [-0.15, -0.1) is 0 Å². The molecule has 0 saturated carbocycles. The van der Waals surface area contributed by atoms with E-state index in [2.05, 4.69) is 0 Å². The van der Waals surface area contributed by atoms with Crippen molar-refractivity contribution in [3.8, 4) is 0 Å². The van der Waals surface area contributed by atoms with Crippen LogP contribution in [0.4, 0.5) is 0 Å². The second-order valence-electron chi connectivity index (χ2n) is 8.19. The molecule has 0 aliphatic heterocycles. The van der Waals surface area contributed by atoms with Crippen LogP contribution in [0, 0.1) is 0 Å². The lowest BCUT2D eigenvalue weighted by Gasteiger charge is -2.23. The zero-order valence-electron chi connectivity index (χ0n) is 17.7. The third-order valence-corrected chi connectivity index (χ3v) is 6.75. The molecule has 0 fully saturated rings. The molecule has 4 nitrogen and oxygen atoms in total. The van der Waals surface area contributed by atoms with Crippen LogP contribution >= 0.6 is 0 Å². The van der Waals surface area contributed by atoms with Crippen LogP contribution in [0.5, 0.6) is 0 Å². The Kier molecular flexibility index (Phi) is 3.70. The second-order valence-corrected chi connectivity index (χ2v) is 8.19. The third-order valence-electron chi connectivity index (χ3n) is 6.75. The summed E-state index contributed by atoms with van der Waals surface area (Å²) in [5, 5.41) is 6.94. The van der Waals surface area contributed by atoms with Crippen molar-refractivity contribution < 1.29 is 19.2 Å². The minimum absolute atomic E-state index is 0.0933. The number of hydrogen-bond donors (Lipinski definition) is 0. The molecule has 0 heterocycles. The van der Waals surface area contributed by atoms with Crippen LogP contribution in [-0.2, 0) is 0 Å². The summed E-state index contributed by atoms with van der Waals surface area (Å²) < 4.78 is 0. The van der Waals surface area contributed by atoms with E-state index >= 15 is 0 Å². The number of Topliss-reactive ketones (excluding diaryl/α,β-unsaturated/α-hetero) is 4. The topological polar surface area (TPSA) is 68.3 Å². The van der Waals surface area contributed by atoms with E-state index in [9.17, 15) is 19.2 Å². The van der Waals surface area contributed by atoms with Gasteiger partial charge in [-0.3, -0.25) is 19.2 Å². The third kappa shape index (κ3) is 2.11. The van der Waals surface area contributed by atoms with Gasteiger partial charge in [-0.1, -0.05) is 62.4 Å². The largest absolute Gasteiger partial charge is 0.294 e. The zero-order chi connectivity index (χ0) is 22.3. The SMILES string of the molecule is CC.O=C1CC(=O)c2ccc3c4ccc5c6c(ccc(c7ccc1c2c73)c64)C(=O)CC5=O. The highest BCUT2D eigenvalue weighted by Crippen LogP contribution is 2.45. The second kappa shape index (κ2) is 6.30. The lowest BCUT2D eigenvalue weighted by atomic mass is 9.79. The van der Waals surface area contributed by atoms with E-state index in [-0.39, 0.29) is 36.0 Å². The first-order valence-electron chi connectivity index (χ1n) is 10.9. The minimum Gasteiger partial charge on any atom is -0.294 e. The van der Waals surface area contributed by atoms with E-state index in [1.807, 2.05) is 38.1 Å². The predicted octanol–water partition coefficient (Wildman–Crippen LogP) is 6.30. The molecule has 5 aromatic carbocycles. The van der Waals surface area contributed by atoms with Gasteiger partial charge in [-0.25, -0.2) is 0 Å². The van der Waals surface area contributed by atoms with Gasteiger partial charge in [0.25, 0.3) is 0 Å². The quantitative estimate of drug-likeness (QED) is 0.168. The molecule has 0 aromatic heterocycles. The minimum atomic E-state index is -0.150. The summed E-state index contributed by atoms with van der Waals surface area (Å²) in [6.07, 6.45) is -0.187. The fourth-order valence-electron chi connectivity index (χ4n) is 5.49. The highest BCUT2D eigenvalue weighted by Gasteiger charge is 2.30. The molecule has 32 heavy (non-hydrogen) atoms. The highest BCUT2D eigenvalue weighted by molar-refractivity contribution is 6.41. The molecule has 0 N–H and O–H groups in total. The van der Waals surface area contributed by atoms with Crippen LogP contribution in [0.3, 0.4) is 0 Å². The molecule has 0 saturated heterocycles. The Hall–Kier alpha value is -3.92. The first-order valence-corrected chi connectivity index (χ1v) is 10.9. The van der Waals surface area contributed by atoms with E-state index in [4.69, 9.17) is 0 Å². The highest BCUT2D eigenvalue weighted by atomic mass is 16.2. The van der Waals surface area contributed by atoms with Crippen molar-refractivity contribution in [3.63, 3.8) is 0 Å². The molecule has 154 valence electrons. The maximum atomic E-state index is 12.6. The zero-order valence-corrected chi connectivity index (χ0v) is 17.7. The van der Waals surface area contributed by atoms with Crippen LogP contribution in [-0.4, -0.2) is 23.1 Å². The smallest absolute Gasteiger partial charge is 0.171 e. The molecule has 0 spiro atoms. The molecule has 0 unspecified atom stereocenters. The van der Waals surface area contributed by atoms with E-state index in [1.54, 1.807) is 24.3 Å². The van der Waals surface area contributed by atoms with Gasteiger partial charge >= 0.3 is 0 Å². The molecular formula is C28H18O4. The Balaban J connectivity index is 0.000000953. The van der Waals surface area contributed by atoms with Crippen molar-refractivity contribution >= 4 is 66.2 Å². The molecule has 4 heteroatoms. The molecule has 0 atom stereocenters. The maximum absolute atomic E-state index is 12.6. The summed E-state index contributed by atoms with van der Waals surface area (Å²) in [6, 6.07) is 14.9. The molecule has 0 radical (unpaired) electrons. The molecular weight excluding hydrogens is 400 g/mol. The fraction of sp³-hybridized carbons (Fsp3) is 0.143. The van der Waals surface area contributed by atoms with Crippen molar-refractivity contribution in [2.75, 3.05) is 0 Å². The molecule has 0 bridgehead atoms. The Morgan fingerprint density at radius 2 is 0.656 bits per heavy atom. The van der Waals surface area contributed by atoms with Crippen LogP contribution in [0.15, 0.2) is 48.5 Å². The fourth-order valence-corrected chi connectivity index (χ4v) is 5.49. The molecule has 2 aliphatic rings. The number of hydrogen-bond acceptors (Lipinski definition) is 4. The molecule has 5 aromatic rings. The normalized spacial score (nSPS) is 15.2. The molecule has 2 aliphatic carbocycles. The van der Waals surface area contributed by atoms with Crippen molar-refractivity contribution in [2.45, 2.75) is 26.7 Å². The van der Waals surface area contributed by atoms with Gasteiger partial charge in [0, 0.05) is 33.0 Å². The molecule has 7 rings (SSSR count). The van der Waals surface area contributed by atoms with Crippen LogP contribution in [0.1, 0.15) is 68.1 Å². The lowest BCUT2D eigenvalue weighted by molar-refractivity contribution is 0.0874. The van der Waals surface area contributed by atoms with E-state index in [0.29, 0.717) is 22.3 Å². The summed E-state index contributed by atoms with van der Waals surface area (Å²) in [7, 11) is 0. The summed E-state index contributed by atoms with van der Waals surface area (Å²) in [5.74, 6) is -0.598. The van der Waals surface area contributed by atoms with Crippen molar-refractivity contribution in [2.24, 2.45) is 0 Å². The Morgan fingerprint density at radius 3 is 0.906 bits per heavy atom. The van der Waals surface area contributed by atoms with Gasteiger partial charge in [0.2, 0.25) is 0 Å². The predicted molar refractivity (Wildman–Crippen MR) is 126 cm³/mol. The van der Waals surface area contributed by atoms with Gasteiger partial charge in [-0.2, -0.15) is 0 Å². The van der Waals surface area contributed by atoms with Crippen LogP contribution < -0.4 is 0 Å². The summed E-state index contributed by atoms with van der Waals surface area (Å²) >= 11 is 0. The van der Waals surface area contributed by atoms with Crippen LogP contribution in [0.2, 0.25) is 0 Å². The standard InChI is InChI=1S/C26H12O4.C2H6/c27-19-9-20(28)16-7-3-13-14-4-8-18-22(30)10-21(29)17-6-2-12(24(14)26(17)18)11-1-5-15(19)25(16)23(11)13;1-2/h1-8H,9-10H2;1-2H3. The van der Waals surface area contributed by atoms with E-state index in [1.165, 1.54) is 0 Å². The monoisotopic (exact) mass is 418 g/mol. The lowest BCUT2D eigenvalue weighted by Crippen LogP contribution is -2.17. The van der Waals surface area contributed by atoms with Gasteiger partial charge < -0.3 is 0 Å². The van der Waals surface area contributed by atoms with Gasteiger partial charge in [-0.05, 0) is 32.3 Å². The van der Waals surface area contributed by atoms with E-state index < -0.39 is 0 Å². The number of fused-ring (bicyclic) bond motifs is 2. The van der Waals surface area contributed by atoms with Crippen molar-refractivity contribution in [3.05, 3.63) is 70.8 Å². The number of rotatable bonds is 0. The maximum Gasteiger partial charge on any atom is 0.171 e. The summed E-state index contributed by atoms with van der Waals surface area (Å²) in [6.45, 7) is 4.00. The Morgan fingerprint density at radius 1 is 0.406 bits per heavy atom.